The fourth-order valence-electron chi connectivity index (χ4n) is 2.17. The van der Waals surface area contributed by atoms with Gasteiger partial charge in [-0.05, 0) is 26.7 Å². The second kappa shape index (κ2) is 6.86. The molecule has 1 fully saturated rings. The van der Waals surface area contributed by atoms with Crippen LogP contribution in [0.15, 0.2) is 0 Å². The Morgan fingerprint density at radius 3 is 2.11 bits per heavy atom. The van der Waals surface area contributed by atoms with Crippen LogP contribution >= 0.6 is 0 Å². The number of esters is 2. The molecule has 0 aliphatic carbocycles. The van der Waals surface area contributed by atoms with E-state index in [1.165, 1.54) is 14.2 Å². The van der Waals surface area contributed by atoms with E-state index < -0.39 is 0 Å². The van der Waals surface area contributed by atoms with Crippen molar-refractivity contribution in [3.05, 3.63) is 0 Å². The van der Waals surface area contributed by atoms with Gasteiger partial charge in [-0.1, -0.05) is 0 Å². The van der Waals surface area contributed by atoms with Crippen LogP contribution in [0.25, 0.3) is 0 Å². The van der Waals surface area contributed by atoms with E-state index in [1.54, 1.807) is 4.90 Å². The zero-order valence-electron chi connectivity index (χ0n) is 12.1. The molecule has 0 aromatic rings. The Morgan fingerprint density at radius 1 is 1.21 bits per heavy atom. The van der Waals surface area contributed by atoms with Crippen molar-refractivity contribution < 1.29 is 23.8 Å². The summed E-state index contributed by atoms with van der Waals surface area (Å²) in [5.74, 6) is -0.748. The number of carbonyl (C=O) groups excluding carboxylic acids is 2. The van der Waals surface area contributed by atoms with Crippen LogP contribution in [-0.4, -0.2) is 62.4 Å². The Kier molecular flexibility index (Phi) is 5.75. The smallest absolute Gasteiger partial charge is 0.319 e. The average molecular weight is 273 g/mol. The van der Waals surface area contributed by atoms with Crippen LogP contribution in [0.3, 0.4) is 0 Å². The second-order valence-corrected chi connectivity index (χ2v) is 5.36. The molecular formula is C13H23NO5. The van der Waals surface area contributed by atoms with Crippen molar-refractivity contribution in [1.82, 2.24) is 4.90 Å². The summed E-state index contributed by atoms with van der Waals surface area (Å²) in [7, 11) is 2.65. The van der Waals surface area contributed by atoms with Gasteiger partial charge in [0, 0.05) is 6.54 Å². The molecule has 0 aromatic carbocycles. The lowest BCUT2D eigenvalue weighted by molar-refractivity contribution is -0.146. The molecular weight excluding hydrogens is 250 g/mol. The summed E-state index contributed by atoms with van der Waals surface area (Å²) in [6, 6.07) is 0. The van der Waals surface area contributed by atoms with E-state index in [0.29, 0.717) is 6.54 Å². The van der Waals surface area contributed by atoms with Gasteiger partial charge in [-0.3, -0.25) is 14.5 Å². The van der Waals surface area contributed by atoms with Gasteiger partial charge < -0.3 is 14.2 Å². The Bertz CT molecular complexity index is 311. The molecule has 0 aromatic heterocycles. The molecule has 1 aliphatic rings. The lowest BCUT2D eigenvalue weighted by atomic mass is 10.1. The fraction of sp³-hybridized carbons (Fsp3) is 0.846. The third-order valence-electron chi connectivity index (χ3n) is 3.18. The highest BCUT2D eigenvalue weighted by atomic mass is 16.5. The SMILES string of the molecule is COC(=O)CN(CC(=O)OC)CC1CCC(C)(C)O1. The largest absolute Gasteiger partial charge is 0.468 e. The zero-order chi connectivity index (χ0) is 14.5. The number of carbonyl (C=O) groups is 2. The molecule has 110 valence electrons. The van der Waals surface area contributed by atoms with Crippen molar-refractivity contribution in [3.63, 3.8) is 0 Å². The van der Waals surface area contributed by atoms with Crippen LogP contribution in [0.4, 0.5) is 0 Å². The monoisotopic (exact) mass is 273 g/mol. The van der Waals surface area contributed by atoms with Gasteiger partial charge in [0.05, 0.1) is 39.0 Å². The maximum Gasteiger partial charge on any atom is 0.319 e. The van der Waals surface area contributed by atoms with E-state index in [4.69, 9.17) is 4.74 Å². The first-order chi connectivity index (χ1) is 8.86. The number of ether oxygens (including phenoxy) is 3. The molecule has 0 saturated carbocycles. The van der Waals surface area contributed by atoms with Gasteiger partial charge in [-0.25, -0.2) is 0 Å². The normalized spacial score (nSPS) is 21.4. The predicted molar refractivity (Wildman–Crippen MR) is 68.7 cm³/mol. The molecule has 0 spiro atoms. The van der Waals surface area contributed by atoms with Crippen molar-refractivity contribution in [3.8, 4) is 0 Å². The number of hydrogen-bond acceptors (Lipinski definition) is 6. The molecule has 1 aliphatic heterocycles. The summed E-state index contributed by atoms with van der Waals surface area (Å²) in [4.78, 5) is 24.4. The van der Waals surface area contributed by atoms with E-state index in [9.17, 15) is 9.59 Å². The predicted octanol–water partition coefficient (Wildman–Crippen LogP) is 0.592. The zero-order valence-corrected chi connectivity index (χ0v) is 12.1. The first kappa shape index (κ1) is 15.9. The number of methoxy groups -OCH3 is 2. The van der Waals surface area contributed by atoms with Crippen LogP contribution in [0.1, 0.15) is 26.7 Å². The maximum absolute atomic E-state index is 11.3. The third-order valence-corrected chi connectivity index (χ3v) is 3.18. The van der Waals surface area contributed by atoms with Gasteiger partial charge in [0.15, 0.2) is 0 Å². The Hall–Kier alpha value is -1.14. The van der Waals surface area contributed by atoms with Gasteiger partial charge in [-0.15, -0.1) is 0 Å². The first-order valence-electron chi connectivity index (χ1n) is 6.40. The van der Waals surface area contributed by atoms with Crippen molar-refractivity contribution in [2.75, 3.05) is 33.9 Å². The topological polar surface area (TPSA) is 65.1 Å². The quantitative estimate of drug-likeness (QED) is 0.660. The van der Waals surface area contributed by atoms with Crippen LogP contribution in [-0.2, 0) is 23.8 Å². The van der Waals surface area contributed by atoms with Crippen molar-refractivity contribution >= 4 is 11.9 Å². The van der Waals surface area contributed by atoms with Crippen molar-refractivity contribution in [2.45, 2.75) is 38.4 Å². The molecule has 6 nitrogen and oxygen atoms in total. The summed E-state index contributed by atoms with van der Waals surface area (Å²) < 4.78 is 15.1. The van der Waals surface area contributed by atoms with Gasteiger partial charge in [-0.2, -0.15) is 0 Å². The summed E-state index contributed by atoms with van der Waals surface area (Å²) in [5.41, 5.74) is -0.132. The molecule has 0 amide bonds. The van der Waals surface area contributed by atoms with Crippen molar-refractivity contribution in [2.24, 2.45) is 0 Å². The summed E-state index contributed by atoms with van der Waals surface area (Å²) in [6.45, 7) is 4.72. The lowest BCUT2D eigenvalue weighted by Gasteiger charge is -2.25. The van der Waals surface area contributed by atoms with Crippen LogP contribution in [0, 0.1) is 0 Å². The minimum Gasteiger partial charge on any atom is -0.468 e. The van der Waals surface area contributed by atoms with E-state index in [-0.39, 0.29) is 36.7 Å². The summed E-state index contributed by atoms with van der Waals surface area (Å²) in [6.07, 6.45) is 1.93. The third kappa shape index (κ3) is 5.57. The number of rotatable bonds is 6. The van der Waals surface area contributed by atoms with Crippen LogP contribution < -0.4 is 0 Å². The van der Waals surface area contributed by atoms with E-state index in [0.717, 1.165) is 12.8 Å². The molecule has 1 unspecified atom stereocenters. The Morgan fingerprint density at radius 2 is 1.74 bits per heavy atom. The fourth-order valence-corrected chi connectivity index (χ4v) is 2.17. The first-order valence-corrected chi connectivity index (χ1v) is 6.40. The summed E-state index contributed by atoms with van der Waals surface area (Å²) in [5, 5.41) is 0. The minimum absolute atomic E-state index is 0.0318. The van der Waals surface area contributed by atoms with Gasteiger partial charge >= 0.3 is 11.9 Å². The minimum atomic E-state index is -0.374. The molecule has 6 heteroatoms. The molecule has 0 radical (unpaired) electrons. The standard InChI is InChI=1S/C13H23NO5/c1-13(2)6-5-10(19-13)7-14(8-11(15)17-3)9-12(16)18-4/h10H,5-9H2,1-4H3. The second-order valence-electron chi connectivity index (χ2n) is 5.36. The van der Waals surface area contributed by atoms with Crippen LogP contribution in [0.2, 0.25) is 0 Å². The molecule has 1 saturated heterocycles. The molecule has 1 rings (SSSR count). The Balaban J connectivity index is 2.53. The highest BCUT2D eigenvalue weighted by Gasteiger charge is 2.33. The average Bonchev–Trinajstić information content (AvgIpc) is 2.68. The molecule has 0 N–H and O–H groups in total. The highest BCUT2D eigenvalue weighted by Crippen LogP contribution is 2.29. The van der Waals surface area contributed by atoms with E-state index in [2.05, 4.69) is 9.47 Å². The summed E-state index contributed by atoms with van der Waals surface area (Å²) >= 11 is 0. The molecule has 1 heterocycles. The van der Waals surface area contributed by atoms with Crippen LogP contribution in [0.5, 0.6) is 0 Å². The van der Waals surface area contributed by atoms with E-state index >= 15 is 0 Å². The maximum atomic E-state index is 11.3. The molecule has 19 heavy (non-hydrogen) atoms. The number of nitrogens with zero attached hydrogens (tertiary/aromatic N) is 1. The lowest BCUT2D eigenvalue weighted by Crippen LogP contribution is -2.40. The Labute approximate surface area is 114 Å². The number of hydrogen-bond donors (Lipinski definition) is 0. The van der Waals surface area contributed by atoms with Crippen molar-refractivity contribution in [1.29, 1.82) is 0 Å². The van der Waals surface area contributed by atoms with E-state index in [1.807, 2.05) is 13.8 Å². The molecule has 0 bridgehead atoms. The van der Waals surface area contributed by atoms with Gasteiger partial charge in [0.2, 0.25) is 0 Å². The highest BCUT2D eigenvalue weighted by molar-refractivity contribution is 5.74. The molecule has 1 atom stereocenters. The van der Waals surface area contributed by atoms with Gasteiger partial charge in [0.1, 0.15) is 0 Å². The van der Waals surface area contributed by atoms with Gasteiger partial charge in [0.25, 0.3) is 0 Å².